The van der Waals surface area contributed by atoms with Crippen molar-refractivity contribution in [1.29, 1.82) is 0 Å². The molecule has 15 heavy (non-hydrogen) atoms. The van der Waals surface area contributed by atoms with Crippen LogP contribution >= 0.6 is 0 Å². The molecule has 3 heteroatoms. The highest BCUT2D eigenvalue weighted by molar-refractivity contribution is 5.95. The van der Waals surface area contributed by atoms with Gasteiger partial charge in [-0.2, -0.15) is 0 Å². The van der Waals surface area contributed by atoms with Gasteiger partial charge in [0.1, 0.15) is 5.82 Å². The Morgan fingerprint density at radius 1 is 1.60 bits per heavy atom. The van der Waals surface area contributed by atoms with Gasteiger partial charge in [0.2, 0.25) is 0 Å². The fraction of sp³-hybridized carbons (Fsp3) is 0.250. The van der Waals surface area contributed by atoms with E-state index in [0.29, 0.717) is 11.1 Å². The van der Waals surface area contributed by atoms with Crippen molar-refractivity contribution < 1.29 is 9.18 Å². The van der Waals surface area contributed by atoms with E-state index in [-0.39, 0.29) is 17.8 Å². The van der Waals surface area contributed by atoms with Crippen LogP contribution in [0.2, 0.25) is 0 Å². The van der Waals surface area contributed by atoms with E-state index in [1.54, 1.807) is 13.0 Å². The summed E-state index contributed by atoms with van der Waals surface area (Å²) in [7, 11) is 0. The molecule has 0 fully saturated rings. The molecule has 1 aromatic rings. The Morgan fingerprint density at radius 2 is 2.27 bits per heavy atom. The Kier molecular flexibility index (Phi) is 3.61. The molecule has 0 heterocycles. The fourth-order valence-electron chi connectivity index (χ4n) is 1.23. The Morgan fingerprint density at radius 3 is 2.80 bits per heavy atom. The molecule has 0 aliphatic heterocycles. The number of carbonyl (C=O) groups excluding carboxylic acids is 1. The molecule has 0 saturated carbocycles. The van der Waals surface area contributed by atoms with E-state index in [1.165, 1.54) is 18.2 Å². The van der Waals surface area contributed by atoms with Crippen LogP contribution in [0.5, 0.6) is 0 Å². The highest BCUT2D eigenvalue weighted by Crippen LogP contribution is 2.10. The largest absolute Gasteiger partial charge is 0.346 e. The lowest BCUT2D eigenvalue weighted by Crippen LogP contribution is -2.31. The molecule has 0 radical (unpaired) electrons. The minimum absolute atomic E-state index is 0.0954. The number of rotatable bonds is 3. The molecule has 0 aliphatic rings. The van der Waals surface area contributed by atoms with Crippen LogP contribution in [0.25, 0.3) is 0 Å². The van der Waals surface area contributed by atoms with E-state index >= 15 is 0 Å². The second-order valence-electron chi connectivity index (χ2n) is 3.46. The molecule has 0 aliphatic carbocycles. The molecule has 1 aromatic carbocycles. The molecule has 1 amide bonds. The van der Waals surface area contributed by atoms with Crippen LogP contribution in [0.3, 0.4) is 0 Å². The first-order chi connectivity index (χ1) is 7.04. The van der Waals surface area contributed by atoms with Gasteiger partial charge in [0.05, 0.1) is 0 Å². The molecule has 0 aromatic heterocycles. The lowest BCUT2D eigenvalue weighted by molar-refractivity contribution is 0.0946. The third-order valence-corrected chi connectivity index (χ3v) is 2.15. The SMILES string of the molecule is C=CC(C)NC(=O)c1ccc(F)cc1C. The number of hydrogen-bond donors (Lipinski definition) is 1. The van der Waals surface area contributed by atoms with Crippen molar-refractivity contribution in [2.75, 3.05) is 0 Å². The lowest BCUT2D eigenvalue weighted by atomic mass is 10.1. The average Bonchev–Trinajstić information content (AvgIpc) is 2.17. The van der Waals surface area contributed by atoms with Gasteiger partial charge in [0.15, 0.2) is 0 Å². The van der Waals surface area contributed by atoms with Crippen molar-refractivity contribution in [3.05, 3.63) is 47.8 Å². The van der Waals surface area contributed by atoms with Crippen LogP contribution in [-0.2, 0) is 0 Å². The van der Waals surface area contributed by atoms with E-state index in [9.17, 15) is 9.18 Å². The monoisotopic (exact) mass is 207 g/mol. The summed E-state index contributed by atoms with van der Waals surface area (Å²) in [6, 6.07) is 4.01. The van der Waals surface area contributed by atoms with Gasteiger partial charge in [-0.15, -0.1) is 6.58 Å². The topological polar surface area (TPSA) is 29.1 Å². The summed E-state index contributed by atoms with van der Waals surface area (Å²) in [5.41, 5.74) is 1.12. The van der Waals surface area contributed by atoms with Crippen LogP contribution in [0.1, 0.15) is 22.8 Å². The number of halogens is 1. The predicted octanol–water partition coefficient (Wildman–Crippen LogP) is 2.44. The maximum Gasteiger partial charge on any atom is 0.252 e. The maximum atomic E-state index is 12.8. The first-order valence-electron chi connectivity index (χ1n) is 4.74. The van der Waals surface area contributed by atoms with E-state index in [2.05, 4.69) is 11.9 Å². The summed E-state index contributed by atoms with van der Waals surface area (Å²) in [6.07, 6.45) is 1.64. The third kappa shape index (κ3) is 2.91. The Hall–Kier alpha value is -1.64. The van der Waals surface area contributed by atoms with Crippen molar-refractivity contribution >= 4 is 5.91 Å². The zero-order valence-corrected chi connectivity index (χ0v) is 8.88. The first-order valence-corrected chi connectivity index (χ1v) is 4.74. The van der Waals surface area contributed by atoms with Crippen molar-refractivity contribution in [2.45, 2.75) is 19.9 Å². The summed E-state index contributed by atoms with van der Waals surface area (Å²) in [6.45, 7) is 7.10. The van der Waals surface area contributed by atoms with Crippen LogP contribution < -0.4 is 5.32 Å². The number of nitrogens with one attached hydrogen (secondary N) is 1. The molecule has 0 bridgehead atoms. The normalized spacial score (nSPS) is 11.9. The molecule has 0 spiro atoms. The second kappa shape index (κ2) is 4.73. The number of carbonyl (C=O) groups is 1. The number of benzene rings is 1. The van der Waals surface area contributed by atoms with Crippen molar-refractivity contribution in [2.24, 2.45) is 0 Å². The average molecular weight is 207 g/mol. The molecule has 1 atom stereocenters. The predicted molar refractivity (Wildman–Crippen MR) is 58.3 cm³/mol. The maximum absolute atomic E-state index is 12.8. The zero-order chi connectivity index (χ0) is 11.4. The third-order valence-electron chi connectivity index (χ3n) is 2.15. The van der Waals surface area contributed by atoms with E-state index < -0.39 is 0 Å². The fourth-order valence-corrected chi connectivity index (χ4v) is 1.23. The van der Waals surface area contributed by atoms with Gasteiger partial charge in [-0.25, -0.2) is 4.39 Å². The van der Waals surface area contributed by atoms with Crippen molar-refractivity contribution in [3.8, 4) is 0 Å². The lowest BCUT2D eigenvalue weighted by Gasteiger charge is -2.10. The van der Waals surface area contributed by atoms with Gasteiger partial charge in [-0.3, -0.25) is 4.79 Å². The van der Waals surface area contributed by atoms with Crippen LogP contribution in [0.4, 0.5) is 4.39 Å². The summed E-state index contributed by atoms with van der Waals surface area (Å²) in [5, 5.41) is 2.73. The molecule has 1 rings (SSSR count). The summed E-state index contributed by atoms with van der Waals surface area (Å²) >= 11 is 0. The van der Waals surface area contributed by atoms with Gasteiger partial charge >= 0.3 is 0 Å². The van der Waals surface area contributed by atoms with E-state index in [4.69, 9.17) is 0 Å². The molecule has 1 N–H and O–H groups in total. The first kappa shape index (κ1) is 11.4. The minimum Gasteiger partial charge on any atom is -0.346 e. The minimum atomic E-state index is -0.333. The Bertz CT molecular complexity index is 387. The Balaban J connectivity index is 2.87. The summed E-state index contributed by atoms with van der Waals surface area (Å²) in [4.78, 5) is 11.7. The van der Waals surface area contributed by atoms with Crippen LogP contribution in [0.15, 0.2) is 30.9 Å². The smallest absolute Gasteiger partial charge is 0.252 e. The van der Waals surface area contributed by atoms with E-state index in [1.807, 2.05) is 6.92 Å². The van der Waals surface area contributed by atoms with Crippen LogP contribution in [0, 0.1) is 12.7 Å². The van der Waals surface area contributed by atoms with Crippen molar-refractivity contribution in [1.82, 2.24) is 5.32 Å². The number of amides is 1. The second-order valence-corrected chi connectivity index (χ2v) is 3.46. The van der Waals surface area contributed by atoms with Crippen molar-refractivity contribution in [3.63, 3.8) is 0 Å². The number of aryl methyl sites for hydroxylation is 1. The molecular weight excluding hydrogens is 193 g/mol. The van der Waals surface area contributed by atoms with Gasteiger partial charge < -0.3 is 5.32 Å². The highest BCUT2D eigenvalue weighted by atomic mass is 19.1. The quantitative estimate of drug-likeness (QED) is 0.758. The summed E-state index contributed by atoms with van der Waals surface area (Å²) in [5.74, 6) is -0.541. The van der Waals surface area contributed by atoms with Crippen LogP contribution in [-0.4, -0.2) is 11.9 Å². The standard InChI is InChI=1S/C12H14FNO/c1-4-9(3)14-12(15)11-6-5-10(13)7-8(11)2/h4-7,9H,1H2,2-3H3,(H,14,15). The molecule has 80 valence electrons. The van der Waals surface area contributed by atoms with E-state index in [0.717, 1.165) is 0 Å². The highest BCUT2D eigenvalue weighted by Gasteiger charge is 2.10. The number of hydrogen-bond acceptors (Lipinski definition) is 1. The molecule has 1 unspecified atom stereocenters. The van der Waals surface area contributed by atoms with Gasteiger partial charge in [0.25, 0.3) is 5.91 Å². The summed E-state index contributed by atoms with van der Waals surface area (Å²) < 4.78 is 12.8. The molecule has 2 nitrogen and oxygen atoms in total. The molecule has 0 saturated heterocycles. The van der Waals surface area contributed by atoms with Gasteiger partial charge in [0, 0.05) is 11.6 Å². The zero-order valence-electron chi connectivity index (χ0n) is 8.88. The Labute approximate surface area is 88.8 Å². The molecular formula is C12H14FNO. The van der Waals surface area contributed by atoms with Gasteiger partial charge in [-0.05, 0) is 37.6 Å². The van der Waals surface area contributed by atoms with Gasteiger partial charge in [-0.1, -0.05) is 6.08 Å².